The van der Waals surface area contributed by atoms with Crippen molar-refractivity contribution >= 4 is 12.7 Å². The van der Waals surface area contributed by atoms with E-state index in [9.17, 15) is 5.02 Å². The molecule has 0 fully saturated rings. The van der Waals surface area contributed by atoms with Crippen LogP contribution in [0.3, 0.4) is 0 Å². The van der Waals surface area contributed by atoms with Crippen LogP contribution in [-0.4, -0.2) is 35.4 Å². The Bertz CT molecular complexity index is 219. The first kappa shape index (κ1) is 9.19. The van der Waals surface area contributed by atoms with Crippen LogP contribution < -0.4 is 5.59 Å². The van der Waals surface area contributed by atoms with E-state index in [0.717, 1.165) is 0 Å². The van der Waals surface area contributed by atoms with Crippen LogP contribution >= 0.6 is 0 Å². The molecular weight excluding hydrogens is 157 g/mol. The maximum Gasteiger partial charge on any atom is 0.510 e. The van der Waals surface area contributed by atoms with Crippen molar-refractivity contribution in [2.75, 3.05) is 13.2 Å². The van der Waals surface area contributed by atoms with Gasteiger partial charge in [-0.15, -0.1) is 0 Å². The van der Waals surface area contributed by atoms with Gasteiger partial charge in [0, 0.05) is 6.20 Å². The van der Waals surface area contributed by atoms with Crippen molar-refractivity contribution in [3.8, 4) is 0 Å². The molecule has 0 aromatic carbocycles. The first-order chi connectivity index (χ1) is 5.84. The van der Waals surface area contributed by atoms with E-state index in [1.165, 1.54) is 0 Å². The van der Waals surface area contributed by atoms with E-state index >= 15 is 0 Å². The predicted octanol–water partition coefficient (Wildman–Crippen LogP) is -1.22. The van der Waals surface area contributed by atoms with Gasteiger partial charge in [0.05, 0.1) is 18.8 Å². The van der Waals surface area contributed by atoms with Crippen LogP contribution in [-0.2, 0) is 4.65 Å². The Hall–Kier alpha value is -0.905. The van der Waals surface area contributed by atoms with Gasteiger partial charge in [0.2, 0.25) is 0 Å². The van der Waals surface area contributed by atoms with E-state index in [1.807, 2.05) is 0 Å². The highest BCUT2D eigenvalue weighted by Crippen LogP contribution is 1.83. The smallest absolute Gasteiger partial charge is 0.422 e. The highest BCUT2D eigenvalue weighted by molar-refractivity contribution is 6.58. The Morgan fingerprint density at radius 2 is 2.33 bits per heavy atom. The lowest BCUT2D eigenvalue weighted by molar-refractivity contribution is 0.183. The van der Waals surface area contributed by atoms with E-state index in [-0.39, 0.29) is 13.2 Å². The number of aromatic nitrogens is 1. The summed E-state index contributed by atoms with van der Waals surface area (Å²) in [5.74, 6) is 0. The van der Waals surface area contributed by atoms with Crippen molar-refractivity contribution in [2.45, 2.75) is 0 Å². The third kappa shape index (κ3) is 2.62. The number of hydrogen-bond donors (Lipinski definition) is 2. The predicted molar refractivity (Wildman–Crippen MR) is 44.9 cm³/mol. The molecule has 0 radical (unpaired) electrons. The fraction of sp³-hybridized carbons (Fsp3) is 0.286. The van der Waals surface area contributed by atoms with E-state index in [1.54, 1.807) is 24.4 Å². The third-order valence-electron chi connectivity index (χ3n) is 1.31. The average Bonchev–Trinajstić information content (AvgIpc) is 2.15. The van der Waals surface area contributed by atoms with Crippen LogP contribution in [0.15, 0.2) is 24.4 Å². The monoisotopic (exact) mass is 167 g/mol. The van der Waals surface area contributed by atoms with Gasteiger partial charge in [-0.25, -0.2) is 0 Å². The molecule has 0 saturated carbocycles. The van der Waals surface area contributed by atoms with Gasteiger partial charge < -0.3 is 14.8 Å². The Kier molecular flexibility index (Phi) is 3.73. The summed E-state index contributed by atoms with van der Waals surface area (Å²) in [6, 6.07) is 5.16. The minimum absolute atomic E-state index is 0.107. The summed E-state index contributed by atoms with van der Waals surface area (Å²) in [5, 5.41) is 17.7. The van der Waals surface area contributed by atoms with E-state index in [2.05, 4.69) is 4.98 Å². The maximum atomic E-state index is 9.26. The normalized spacial score (nSPS) is 9.83. The van der Waals surface area contributed by atoms with Crippen LogP contribution in [0.4, 0.5) is 0 Å². The zero-order valence-corrected chi connectivity index (χ0v) is 6.55. The Morgan fingerprint density at radius 3 is 2.92 bits per heavy atom. The van der Waals surface area contributed by atoms with Gasteiger partial charge in [-0.2, -0.15) is 0 Å². The zero-order chi connectivity index (χ0) is 8.81. The highest BCUT2D eigenvalue weighted by Gasteiger charge is 2.16. The summed E-state index contributed by atoms with van der Waals surface area (Å²) in [5.41, 5.74) is 0.450. The van der Waals surface area contributed by atoms with Crippen LogP contribution in [0.25, 0.3) is 0 Å². The average molecular weight is 167 g/mol. The Balaban J connectivity index is 2.48. The number of pyridine rings is 1. The summed E-state index contributed by atoms with van der Waals surface area (Å²) in [7, 11) is -1.04. The minimum Gasteiger partial charge on any atom is -0.422 e. The molecule has 0 amide bonds. The molecule has 0 aliphatic carbocycles. The summed E-state index contributed by atoms with van der Waals surface area (Å²) < 4.78 is 4.82. The molecule has 0 bridgehead atoms. The Labute approximate surface area is 71.0 Å². The second kappa shape index (κ2) is 4.87. The van der Waals surface area contributed by atoms with Crippen molar-refractivity contribution in [3.05, 3.63) is 24.4 Å². The molecule has 0 unspecified atom stereocenters. The summed E-state index contributed by atoms with van der Waals surface area (Å²) >= 11 is 0. The SMILES string of the molecule is OCCOB(O)c1ccccn1. The quantitative estimate of drug-likeness (QED) is 0.551. The maximum absolute atomic E-state index is 9.26. The van der Waals surface area contributed by atoms with Crippen LogP contribution in [0.1, 0.15) is 0 Å². The molecule has 0 aliphatic rings. The molecule has 0 aliphatic heterocycles. The molecule has 12 heavy (non-hydrogen) atoms. The largest absolute Gasteiger partial charge is 0.510 e. The van der Waals surface area contributed by atoms with Crippen LogP contribution in [0.2, 0.25) is 0 Å². The minimum atomic E-state index is -1.04. The van der Waals surface area contributed by atoms with Crippen molar-refractivity contribution in [3.63, 3.8) is 0 Å². The topological polar surface area (TPSA) is 62.6 Å². The molecule has 2 N–H and O–H groups in total. The standard InChI is InChI=1S/C7H10BNO3/c10-5-6-12-8(11)7-3-1-2-4-9-7/h1-4,10-11H,5-6H2. The second-order valence-corrected chi connectivity index (χ2v) is 2.20. The van der Waals surface area contributed by atoms with Gasteiger partial charge in [-0.1, -0.05) is 6.07 Å². The van der Waals surface area contributed by atoms with Crippen molar-refractivity contribution in [2.24, 2.45) is 0 Å². The van der Waals surface area contributed by atoms with E-state index in [0.29, 0.717) is 5.59 Å². The number of aliphatic hydroxyl groups is 1. The molecular formula is C7H10BNO3. The summed E-state index contributed by atoms with van der Waals surface area (Å²) in [6.07, 6.45) is 1.57. The second-order valence-electron chi connectivity index (χ2n) is 2.20. The lowest BCUT2D eigenvalue weighted by atomic mass is 9.85. The zero-order valence-electron chi connectivity index (χ0n) is 6.55. The highest BCUT2D eigenvalue weighted by atomic mass is 16.5. The lowest BCUT2D eigenvalue weighted by Gasteiger charge is -2.04. The van der Waals surface area contributed by atoms with E-state index in [4.69, 9.17) is 9.76 Å². The molecule has 0 saturated heterocycles. The van der Waals surface area contributed by atoms with Crippen molar-refractivity contribution in [1.82, 2.24) is 4.98 Å². The van der Waals surface area contributed by atoms with Gasteiger partial charge in [-0.3, -0.25) is 4.98 Å². The first-order valence-electron chi connectivity index (χ1n) is 3.66. The number of aliphatic hydroxyl groups excluding tert-OH is 1. The van der Waals surface area contributed by atoms with Crippen LogP contribution in [0, 0.1) is 0 Å². The molecule has 64 valence electrons. The van der Waals surface area contributed by atoms with Gasteiger partial charge in [-0.05, 0) is 12.1 Å². The number of rotatable bonds is 4. The number of nitrogens with zero attached hydrogens (tertiary/aromatic N) is 1. The molecule has 5 heteroatoms. The summed E-state index contributed by atoms with van der Waals surface area (Å²) in [6.45, 7) is 0.00162. The van der Waals surface area contributed by atoms with Crippen molar-refractivity contribution < 1.29 is 14.8 Å². The van der Waals surface area contributed by atoms with Gasteiger partial charge >= 0.3 is 7.12 Å². The Morgan fingerprint density at radius 1 is 1.50 bits per heavy atom. The molecule has 4 nitrogen and oxygen atoms in total. The van der Waals surface area contributed by atoms with Gasteiger partial charge in [0.25, 0.3) is 0 Å². The van der Waals surface area contributed by atoms with Crippen LogP contribution in [0.5, 0.6) is 0 Å². The fourth-order valence-electron chi connectivity index (χ4n) is 0.772. The molecule has 0 spiro atoms. The molecule has 1 aromatic rings. The lowest BCUT2D eigenvalue weighted by Crippen LogP contribution is -2.36. The van der Waals surface area contributed by atoms with Crippen molar-refractivity contribution in [1.29, 1.82) is 0 Å². The molecule has 0 atom stereocenters. The van der Waals surface area contributed by atoms with Gasteiger partial charge in [0.15, 0.2) is 0 Å². The molecule has 1 heterocycles. The van der Waals surface area contributed by atoms with E-state index < -0.39 is 7.12 Å². The van der Waals surface area contributed by atoms with Gasteiger partial charge in [0.1, 0.15) is 0 Å². The molecule has 1 rings (SSSR count). The summed E-state index contributed by atoms with van der Waals surface area (Å²) in [4.78, 5) is 3.87. The molecule has 1 aromatic heterocycles. The third-order valence-corrected chi connectivity index (χ3v) is 1.31. The first-order valence-corrected chi connectivity index (χ1v) is 3.66. The number of hydrogen-bond acceptors (Lipinski definition) is 4. The fourth-order valence-corrected chi connectivity index (χ4v) is 0.772.